The smallest absolute Gasteiger partial charge is 0.226 e. The number of fused-ring (bicyclic) bond motifs is 1. The normalized spacial score (nSPS) is 10.9. The number of ether oxygens (including phenoxy) is 1. The Balaban J connectivity index is 2.05. The summed E-state index contributed by atoms with van der Waals surface area (Å²) in [6, 6.07) is 10.4. The zero-order valence-electron chi connectivity index (χ0n) is 11.0. The molecule has 3 aromatic rings. The van der Waals surface area contributed by atoms with Crippen molar-refractivity contribution in [1.82, 2.24) is 9.97 Å². The van der Waals surface area contributed by atoms with Gasteiger partial charge in [0.1, 0.15) is 17.9 Å². The molecular weight excluding hydrogens is 378 g/mol. The van der Waals surface area contributed by atoms with Crippen LogP contribution in [0.1, 0.15) is 5.56 Å². The monoisotopic (exact) mass is 384 g/mol. The van der Waals surface area contributed by atoms with Gasteiger partial charge in [-0.15, -0.1) is 0 Å². The van der Waals surface area contributed by atoms with Crippen LogP contribution in [0.25, 0.3) is 10.9 Å². The Hall–Kier alpha value is -1.79. The Morgan fingerprint density at radius 3 is 2.59 bits per heavy atom. The van der Waals surface area contributed by atoms with Crippen molar-refractivity contribution in [1.29, 1.82) is 0 Å². The first-order chi connectivity index (χ1) is 10.6. The van der Waals surface area contributed by atoms with E-state index in [9.17, 15) is 8.78 Å². The molecule has 0 aliphatic heterocycles. The molecule has 0 N–H and O–H groups in total. The molecule has 1 heterocycles. The first-order valence-electron chi connectivity index (χ1n) is 6.23. The molecule has 0 atom stereocenters. The number of halogens is 4. The van der Waals surface area contributed by atoms with Crippen molar-refractivity contribution in [2.45, 2.75) is 6.61 Å². The summed E-state index contributed by atoms with van der Waals surface area (Å²) < 4.78 is 33.1. The van der Waals surface area contributed by atoms with E-state index in [0.717, 1.165) is 11.6 Å². The van der Waals surface area contributed by atoms with Crippen molar-refractivity contribution in [2.24, 2.45) is 0 Å². The number of nitrogens with zero attached hydrogens (tertiary/aromatic N) is 2. The fraction of sp³-hybridized carbons (Fsp3) is 0.0667. The van der Waals surface area contributed by atoms with E-state index in [4.69, 9.17) is 16.3 Å². The van der Waals surface area contributed by atoms with Crippen LogP contribution >= 0.6 is 27.5 Å². The quantitative estimate of drug-likeness (QED) is 0.475. The van der Waals surface area contributed by atoms with Gasteiger partial charge in [0.05, 0.1) is 9.86 Å². The maximum absolute atomic E-state index is 14.1. The maximum atomic E-state index is 14.1. The summed E-state index contributed by atoms with van der Waals surface area (Å²) in [6.07, 6.45) is 0. The Morgan fingerprint density at radius 1 is 1.14 bits per heavy atom. The highest BCUT2D eigenvalue weighted by Gasteiger charge is 2.18. The lowest BCUT2D eigenvalue weighted by atomic mass is 10.2. The average molecular weight is 386 g/mol. The zero-order chi connectivity index (χ0) is 15.7. The first kappa shape index (κ1) is 15.1. The molecule has 0 spiro atoms. The van der Waals surface area contributed by atoms with Gasteiger partial charge in [-0.25, -0.2) is 13.8 Å². The van der Waals surface area contributed by atoms with Crippen LogP contribution in [0.2, 0.25) is 5.28 Å². The van der Waals surface area contributed by atoms with Crippen molar-refractivity contribution >= 4 is 38.4 Å². The van der Waals surface area contributed by atoms with E-state index in [0.29, 0.717) is 0 Å². The van der Waals surface area contributed by atoms with Gasteiger partial charge < -0.3 is 4.74 Å². The van der Waals surface area contributed by atoms with Crippen LogP contribution in [0.3, 0.4) is 0 Å². The molecule has 112 valence electrons. The molecule has 7 heteroatoms. The van der Waals surface area contributed by atoms with Crippen LogP contribution in [0, 0.1) is 11.6 Å². The summed E-state index contributed by atoms with van der Waals surface area (Å²) in [5.74, 6) is -1.58. The summed E-state index contributed by atoms with van der Waals surface area (Å²) in [5, 5.41) is -0.0495. The number of benzene rings is 2. The third-order valence-electron chi connectivity index (χ3n) is 2.98. The lowest BCUT2D eigenvalue weighted by Crippen LogP contribution is -2.01. The van der Waals surface area contributed by atoms with E-state index in [1.54, 1.807) is 0 Å². The molecular formula is C15H8BrClF2N2O. The van der Waals surface area contributed by atoms with E-state index in [1.165, 1.54) is 0 Å². The van der Waals surface area contributed by atoms with Gasteiger partial charge in [0, 0.05) is 0 Å². The topological polar surface area (TPSA) is 35.0 Å². The molecule has 0 aliphatic carbocycles. The van der Waals surface area contributed by atoms with Crippen LogP contribution in [0.15, 0.2) is 40.9 Å². The maximum Gasteiger partial charge on any atom is 0.226 e. The van der Waals surface area contributed by atoms with Gasteiger partial charge >= 0.3 is 0 Å². The lowest BCUT2D eigenvalue weighted by Gasteiger charge is -2.10. The van der Waals surface area contributed by atoms with Gasteiger partial charge in [0.25, 0.3) is 0 Å². The largest absolute Gasteiger partial charge is 0.472 e. The second-order valence-corrected chi connectivity index (χ2v) is 5.59. The third kappa shape index (κ3) is 2.89. The van der Waals surface area contributed by atoms with Gasteiger partial charge in [-0.05, 0) is 39.2 Å². The molecule has 3 nitrogen and oxygen atoms in total. The second kappa shape index (κ2) is 6.14. The molecule has 22 heavy (non-hydrogen) atoms. The van der Waals surface area contributed by atoms with Crippen molar-refractivity contribution < 1.29 is 13.5 Å². The summed E-state index contributed by atoms with van der Waals surface area (Å²) in [4.78, 5) is 7.71. The third-order valence-corrected chi connectivity index (χ3v) is 3.88. The Bertz CT molecular complexity index is 846. The Morgan fingerprint density at radius 2 is 1.86 bits per heavy atom. The zero-order valence-corrected chi connectivity index (χ0v) is 13.3. The molecule has 0 bridgehead atoms. The SMILES string of the molecule is Fc1cc2c(OCc3ccccc3)nc(Cl)nc2c(F)c1Br. The molecule has 0 radical (unpaired) electrons. The van der Waals surface area contributed by atoms with Crippen LogP contribution < -0.4 is 4.74 Å². The highest BCUT2D eigenvalue weighted by Crippen LogP contribution is 2.32. The fourth-order valence-corrected chi connectivity index (χ4v) is 2.42. The number of hydrogen-bond donors (Lipinski definition) is 0. The van der Waals surface area contributed by atoms with E-state index in [1.807, 2.05) is 30.3 Å². The molecule has 0 amide bonds. The van der Waals surface area contributed by atoms with Crippen LogP contribution in [-0.2, 0) is 6.61 Å². The molecule has 3 rings (SSSR count). The van der Waals surface area contributed by atoms with Crippen LogP contribution in [-0.4, -0.2) is 9.97 Å². The van der Waals surface area contributed by atoms with Gasteiger partial charge in [-0.1, -0.05) is 30.3 Å². The van der Waals surface area contributed by atoms with Crippen molar-refractivity contribution in [3.05, 3.63) is 63.4 Å². The Labute approximate surface area is 138 Å². The molecule has 2 aromatic carbocycles. The fourth-order valence-electron chi connectivity index (χ4n) is 1.96. The molecule has 1 aromatic heterocycles. The van der Waals surface area contributed by atoms with E-state index >= 15 is 0 Å². The minimum atomic E-state index is -0.844. The number of aromatic nitrogens is 2. The molecule has 0 saturated heterocycles. The number of hydrogen-bond acceptors (Lipinski definition) is 3. The summed E-state index contributed by atoms with van der Waals surface area (Å²) in [6.45, 7) is 0.197. The number of rotatable bonds is 3. The van der Waals surface area contributed by atoms with Crippen LogP contribution in [0.5, 0.6) is 5.88 Å². The van der Waals surface area contributed by atoms with E-state index in [-0.39, 0.29) is 33.1 Å². The highest BCUT2D eigenvalue weighted by atomic mass is 79.9. The van der Waals surface area contributed by atoms with E-state index < -0.39 is 11.6 Å². The predicted octanol–water partition coefficient (Wildman–Crippen LogP) is 4.90. The van der Waals surface area contributed by atoms with Crippen molar-refractivity contribution in [3.63, 3.8) is 0 Å². The van der Waals surface area contributed by atoms with Gasteiger partial charge in [-0.2, -0.15) is 4.98 Å². The highest BCUT2D eigenvalue weighted by molar-refractivity contribution is 9.10. The van der Waals surface area contributed by atoms with Gasteiger partial charge in [0.2, 0.25) is 11.2 Å². The summed E-state index contributed by atoms with van der Waals surface area (Å²) in [5.41, 5.74) is 0.791. The summed E-state index contributed by atoms with van der Waals surface area (Å²) >= 11 is 8.62. The summed E-state index contributed by atoms with van der Waals surface area (Å²) in [7, 11) is 0. The van der Waals surface area contributed by atoms with Crippen molar-refractivity contribution in [3.8, 4) is 5.88 Å². The molecule has 0 fully saturated rings. The Kier molecular flexibility index (Phi) is 4.22. The van der Waals surface area contributed by atoms with Gasteiger partial charge in [-0.3, -0.25) is 0 Å². The van der Waals surface area contributed by atoms with Crippen molar-refractivity contribution in [2.75, 3.05) is 0 Å². The first-order valence-corrected chi connectivity index (χ1v) is 7.41. The molecule has 0 aliphatic rings. The predicted molar refractivity (Wildman–Crippen MR) is 82.9 cm³/mol. The molecule has 0 saturated carbocycles. The standard InChI is InChI=1S/C15H8BrClF2N2O/c16-11-10(18)6-9-13(12(11)19)20-15(17)21-14(9)22-7-8-4-2-1-3-5-8/h1-6H,7H2. The minimum absolute atomic E-state index is 0.0316. The molecule has 0 unspecified atom stereocenters. The average Bonchev–Trinajstić information content (AvgIpc) is 2.52. The second-order valence-electron chi connectivity index (χ2n) is 4.45. The van der Waals surface area contributed by atoms with Gasteiger partial charge in [0.15, 0.2) is 5.82 Å². The minimum Gasteiger partial charge on any atom is -0.472 e. The van der Waals surface area contributed by atoms with E-state index in [2.05, 4.69) is 25.9 Å². The lowest BCUT2D eigenvalue weighted by molar-refractivity contribution is 0.297. The van der Waals surface area contributed by atoms with Crippen LogP contribution in [0.4, 0.5) is 8.78 Å².